The van der Waals surface area contributed by atoms with E-state index in [2.05, 4.69) is 15.1 Å². The number of rotatable bonds is 5. The quantitative estimate of drug-likeness (QED) is 0.870. The van der Waals surface area contributed by atoms with Crippen LogP contribution in [0.25, 0.3) is 0 Å². The number of hydrogen-bond acceptors (Lipinski definition) is 5. The van der Waals surface area contributed by atoms with Crippen molar-refractivity contribution >= 4 is 17.7 Å². The van der Waals surface area contributed by atoms with Crippen LogP contribution in [-0.4, -0.2) is 58.3 Å². The van der Waals surface area contributed by atoms with Crippen molar-refractivity contribution in [3.05, 3.63) is 53.2 Å². The molecule has 1 N–H and O–H groups in total. The fourth-order valence-electron chi connectivity index (χ4n) is 3.37. The Bertz CT molecular complexity index is 814. The fourth-order valence-corrected chi connectivity index (χ4v) is 3.37. The van der Waals surface area contributed by atoms with Crippen molar-refractivity contribution in [1.82, 2.24) is 15.1 Å². The number of anilines is 1. The Morgan fingerprint density at radius 1 is 1.19 bits per heavy atom. The van der Waals surface area contributed by atoms with Crippen LogP contribution >= 0.6 is 0 Å². The summed E-state index contributed by atoms with van der Waals surface area (Å²) in [6, 6.07) is 10.8. The SMILES string of the molecule is Cc1ccc(N(C)C2CCN(C(=O)Cc3cccc(C(=O)O)c3)CC2)nn1. The molecule has 0 saturated carbocycles. The third kappa shape index (κ3) is 4.61. The fraction of sp³-hybridized carbons (Fsp3) is 0.400. The predicted octanol–water partition coefficient (Wildman–Crippen LogP) is 2.15. The molecule has 1 aliphatic rings. The molecule has 0 radical (unpaired) electrons. The number of benzene rings is 1. The number of carboxylic acid groups (broad SMARTS) is 1. The molecule has 1 aromatic carbocycles. The van der Waals surface area contributed by atoms with Gasteiger partial charge in [-0.2, -0.15) is 5.10 Å². The van der Waals surface area contributed by atoms with Gasteiger partial charge < -0.3 is 14.9 Å². The minimum Gasteiger partial charge on any atom is -0.478 e. The summed E-state index contributed by atoms with van der Waals surface area (Å²) in [4.78, 5) is 27.6. The molecule has 2 heterocycles. The van der Waals surface area contributed by atoms with Crippen molar-refractivity contribution in [3.63, 3.8) is 0 Å². The first-order valence-corrected chi connectivity index (χ1v) is 9.07. The van der Waals surface area contributed by atoms with E-state index in [0.717, 1.165) is 29.9 Å². The highest BCUT2D eigenvalue weighted by molar-refractivity contribution is 5.88. The summed E-state index contributed by atoms with van der Waals surface area (Å²) in [5, 5.41) is 17.4. The Balaban J connectivity index is 1.55. The molecule has 0 bridgehead atoms. The minimum atomic E-state index is -0.979. The van der Waals surface area contributed by atoms with Crippen molar-refractivity contribution < 1.29 is 14.7 Å². The van der Waals surface area contributed by atoms with Crippen molar-refractivity contribution in [1.29, 1.82) is 0 Å². The van der Waals surface area contributed by atoms with Crippen LogP contribution in [0.1, 0.15) is 34.5 Å². The van der Waals surface area contributed by atoms with Gasteiger partial charge in [0.25, 0.3) is 0 Å². The Kier molecular flexibility index (Phi) is 5.69. The number of likely N-dealkylation sites (tertiary alicyclic amines) is 1. The lowest BCUT2D eigenvalue weighted by Crippen LogP contribution is -2.46. The number of piperidine rings is 1. The number of carbonyl (C=O) groups is 2. The molecule has 1 saturated heterocycles. The summed E-state index contributed by atoms with van der Waals surface area (Å²) in [5.41, 5.74) is 1.83. The van der Waals surface area contributed by atoms with Gasteiger partial charge in [0, 0.05) is 26.2 Å². The number of carboxylic acids is 1. The van der Waals surface area contributed by atoms with Crippen molar-refractivity contribution in [3.8, 4) is 0 Å². The Morgan fingerprint density at radius 3 is 2.56 bits per heavy atom. The van der Waals surface area contributed by atoms with E-state index < -0.39 is 5.97 Å². The van der Waals surface area contributed by atoms with Crippen LogP contribution in [0.2, 0.25) is 0 Å². The van der Waals surface area contributed by atoms with Gasteiger partial charge >= 0.3 is 5.97 Å². The molecule has 0 aliphatic carbocycles. The summed E-state index contributed by atoms with van der Waals surface area (Å²) < 4.78 is 0. The average Bonchev–Trinajstić information content (AvgIpc) is 2.68. The first-order valence-electron chi connectivity index (χ1n) is 9.07. The van der Waals surface area contributed by atoms with Crippen molar-refractivity contribution in [2.75, 3.05) is 25.0 Å². The van der Waals surface area contributed by atoms with Crippen LogP contribution in [-0.2, 0) is 11.2 Å². The maximum absolute atomic E-state index is 12.6. The van der Waals surface area contributed by atoms with Gasteiger partial charge in [-0.25, -0.2) is 4.79 Å². The molecule has 0 spiro atoms. The average molecular weight is 368 g/mol. The van der Waals surface area contributed by atoms with E-state index >= 15 is 0 Å². The number of aromatic nitrogens is 2. The van der Waals surface area contributed by atoms with E-state index in [-0.39, 0.29) is 17.9 Å². The molecule has 2 aromatic rings. The van der Waals surface area contributed by atoms with Gasteiger partial charge in [-0.3, -0.25) is 4.79 Å². The van der Waals surface area contributed by atoms with E-state index in [1.165, 1.54) is 6.07 Å². The van der Waals surface area contributed by atoms with E-state index in [9.17, 15) is 9.59 Å². The summed E-state index contributed by atoms with van der Waals surface area (Å²) >= 11 is 0. The number of aromatic carboxylic acids is 1. The van der Waals surface area contributed by atoms with Gasteiger partial charge in [-0.1, -0.05) is 12.1 Å². The molecule has 0 atom stereocenters. The molecule has 27 heavy (non-hydrogen) atoms. The van der Waals surface area contributed by atoms with Gasteiger partial charge in [-0.15, -0.1) is 5.10 Å². The third-order valence-electron chi connectivity index (χ3n) is 5.04. The molecular weight excluding hydrogens is 344 g/mol. The van der Waals surface area contributed by atoms with E-state index in [1.54, 1.807) is 18.2 Å². The van der Waals surface area contributed by atoms with Gasteiger partial charge in [0.05, 0.1) is 17.7 Å². The first-order chi connectivity index (χ1) is 12.9. The molecule has 0 unspecified atom stereocenters. The van der Waals surface area contributed by atoms with E-state index in [4.69, 9.17) is 5.11 Å². The summed E-state index contributed by atoms with van der Waals surface area (Å²) in [6.45, 7) is 3.28. The lowest BCUT2D eigenvalue weighted by Gasteiger charge is -2.37. The summed E-state index contributed by atoms with van der Waals surface area (Å²) in [7, 11) is 2.01. The predicted molar refractivity (Wildman–Crippen MR) is 102 cm³/mol. The van der Waals surface area contributed by atoms with E-state index in [0.29, 0.717) is 19.1 Å². The van der Waals surface area contributed by atoms with Crippen LogP contribution in [0.3, 0.4) is 0 Å². The normalized spacial score (nSPS) is 14.8. The largest absolute Gasteiger partial charge is 0.478 e. The van der Waals surface area contributed by atoms with Crippen LogP contribution < -0.4 is 4.90 Å². The lowest BCUT2D eigenvalue weighted by molar-refractivity contribution is -0.131. The highest BCUT2D eigenvalue weighted by Crippen LogP contribution is 2.21. The second kappa shape index (κ2) is 8.16. The van der Waals surface area contributed by atoms with E-state index in [1.807, 2.05) is 31.0 Å². The number of carbonyl (C=O) groups excluding carboxylic acids is 1. The Labute approximate surface area is 158 Å². The number of nitrogens with zero attached hydrogens (tertiary/aromatic N) is 4. The van der Waals surface area contributed by atoms with Gasteiger partial charge in [0.15, 0.2) is 5.82 Å². The maximum Gasteiger partial charge on any atom is 0.335 e. The van der Waals surface area contributed by atoms with Gasteiger partial charge in [-0.05, 0) is 49.6 Å². The van der Waals surface area contributed by atoms with Crippen LogP contribution in [0.15, 0.2) is 36.4 Å². The topological polar surface area (TPSA) is 86.6 Å². The number of aryl methyl sites for hydroxylation is 1. The molecule has 1 amide bonds. The number of amides is 1. The molecule has 1 aromatic heterocycles. The van der Waals surface area contributed by atoms with Gasteiger partial charge in [0.1, 0.15) is 0 Å². The third-order valence-corrected chi connectivity index (χ3v) is 5.04. The zero-order valence-electron chi connectivity index (χ0n) is 15.6. The minimum absolute atomic E-state index is 0.0359. The molecule has 7 heteroatoms. The summed E-state index contributed by atoms with van der Waals surface area (Å²) in [6.07, 6.45) is 1.96. The maximum atomic E-state index is 12.6. The standard InChI is InChI=1S/C20H24N4O3/c1-14-6-7-18(22-21-14)23(2)17-8-10-24(11-9-17)19(25)13-15-4-3-5-16(12-15)20(26)27/h3-7,12,17H,8-11,13H2,1-2H3,(H,26,27). The zero-order chi connectivity index (χ0) is 19.4. The van der Waals surface area contributed by atoms with Crippen LogP contribution in [0, 0.1) is 6.92 Å². The molecular formula is C20H24N4O3. The molecule has 1 fully saturated rings. The second-order valence-corrected chi connectivity index (χ2v) is 6.94. The van der Waals surface area contributed by atoms with Crippen LogP contribution in [0.4, 0.5) is 5.82 Å². The Morgan fingerprint density at radius 2 is 1.93 bits per heavy atom. The second-order valence-electron chi connectivity index (χ2n) is 6.94. The lowest BCUT2D eigenvalue weighted by atomic mass is 10.0. The molecule has 7 nitrogen and oxygen atoms in total. The molecule has 142 valence electrons. The molecule has 1 aliphatic heterocycles. The molecule has 3 rings (SSSR count). The Hall–Kier alpha value is -2.96. The zero-order valence-corrected chi connectivity index (χ0v) is 15.6. The van der Waals surface area contributed by atoms with Gasteiger partial charge in [0.2, 0.25) is 5.91 Å². The highest BCUT2D eigenvalue weighted by Gasteiger charge is 2.26. The smallest absolute Gasteiger partial charge is 0.335 e. The highest BCUT2D eigenvalue weighted by atomic mass is 16.4. The summed E-state index contributed by atoms with van der Waals surface area (Å²) in [5.74, 6) is -0.100. The number of hydrogen-bond donors (Lipinski definition) is 1. The monoisotopic (exact) mass is 368 g/mol. The van der Waals surface area contributed by atoms with Crippen LogP contribution in [0.5, 0.6) is 0 Å². The first kappa shape index (κ1) is 18.8. The van der Waals surface area contributed by atoms with Crippen molar-refractivity contribution in [2.45, 2.75) is 32.2 Å². The van der Waals surface area contributed by atoms with Crippen molar-refractivity contribution in [2.24, 2.45) is 0 Å².